The Morgan fingerprint density at radius 2 is 1.62 bits per heavy atom. The predicted octanol–water partition coefficient (Wildman–Crippen LogP) is 4.77. The van der Waals surface area contributed by atoms with Crippen LogP contribution in [-0.4, -0.2) is 38.3 Å². The average Bonchev–Trinajstić information content (AvgIpc) is 3.26. The summed E-state index contributed by atoms with van der Waals surface area (Å²) in [5.41, 5.74) is 3.92. The van der Waals surface area contributed by atoms with Gasteiger partial charge in [0.15, 0.2) is 0 Å². The SMILES string of the molecule is O=C(O)C(CCC(=O)N1CCc2ccccc21)N(c1ccc(-c2ccc(Cl)cc2)cc1)S(=O)O. The van der Waals surface area contributed by atoms with E-state index in [1.54, 1.807) is 41.3 Å². The molecule has 1 amide bonds. The Hall–Kier alpha value is -3.20. The van der Waals surface area contributed by atoms with E-state index in [0.717, 1.165) is 33.1 Å². The number of aliphatic carboxylic acids is 1. The fraction of sp³-hybridized carbons (Fsp3) is 0.200. The molecule has 0 bridgehead atoms. The molecule has 0 fully saturated rings. The zero-order chi connectivity index (χ0) is 24.2. The summed E-state index contributed by atoms with van der Waals surface area (Å²) in [6, 6.07) is 20.1. The lowest BCUT2D eigenvalue weighted by Gasteiger charge is -2.27. The molecule has 2 atom stereocenters. The zero-order valence-electron chi connectivity index (χ0n) is 18.1. The number of amides is 1. The Bertz CT molecular complexity index is 1220. The number of carbonyl (C=O) groups excluding carboxylic acids is 1. The van der Waals surface area contributed by atoms with Crippen LogP contribution in [0.1, 0.15) is 18.4 Å². The molecule has 2 unspecified atom stereocenters. The number of benzene rings is 3. The van der Waals surface area contributed by atoms with E-state index in [9.17, 15) is 23.5 Å². The minimum absolute atomic E-state index is 0.0676. The highest BCUT2D eigenvalue weighted by molar-refractivity contribution is 7.80. The van der Waals surface area contributed by atoms with Crippen molar-refractivity contribution in [1.82, 2.24) is 0 Å². The Morgan fingerprint density at radius 1 is 1.00 bits per heavy atom. The first-order chi connectivity index (χ1) is 16.3. The number of carboxylic acid groups (broad SMARTS) is 1. The smallest absolute Gasteiger partial charge is 0.327 e. The molecular weight excluding hydrogens is 476 g/mol. The van der Waals surface area contributed by atoms with Gasteiger partial charge in [0.1, 0.15) is 6.04 Å². The van der Waals surface area contributed by atoms with Crippen molar-refractivity contribution in [2.45, 2.75) is 25.3 Å². The molecule has 34 heavy (non-hydrogen) atoms. The standard InChI is InChI=1S/C25H23ClN2O5S/c26-20-9-5-17(6-10-20)18-7-11-21(12-8-18)28(34(32)33)23(25(30)31)13-14-24(29)27-16-15-19-3-1-2-4-22(19)27/h1-12,23H,13-16H2,(H,30,31)(H,32,33). The number of para-hydroxylation sites is 1. The normalized spacial score (nSPS) is 14.4. The molecule has 1 heterocycles. The van der Waals surface area contributed by atoms with Crippen molar-refractivity contribution in [2.24, 2.45) is 0 Å². The number of anilines is 2. The fourth-order valence-electron chi connectivity index (χ4n) is 4.16. The number of rotatable bonds is 8. The van der Waals surface area contributed by atoms with Crippen LogP contribution in [0.2, 0.25) is 5.02 Å². The van der Waals surface area contributed by atoms with Gasteiger partial charge in [-0.15, -0.1) is 0 Å². The first-order valence-electron chi connectivity index (χ1n) is 10.7. The second-order valence-electron chi connectivity index (χ2n) is 7.93. The van der Waals surface area contributed by atoms with E-state index in [0.29, 0.717) is 11.6 Å². The highest BCUT2D eigenvalue weighted by atomic mass is 35.5. The van der Waals surface area contributed by atoms with Crippen LogP contribution < -0.4 is 9.21 Å². The lowest BCUT2D eigenvalue weighted by atomic mass is 10.0. The molecule has 0 radical (unpaired) electrons. The zero-order valence-corrected chi connectivity index (χ0v) is 19.7. The van der Waals surface area contributed by atoms with Crippen molar-refractivity contribution in [3.63, 3.8) is 0 Å². The molecule has 0 saturated carbocycles. The van der Waals surface area contributed by atoms with E-state index in [-0.39, 0.29) is 24.4 Å². The van der Waals surface area contributed by atoms with Gasteiger partial charge in [-0.2, -0.15) is 0 Å². The van der Waals surface area contributed by atoms with Crippen LogP contribution in [0.25, 0.3) is 11.1 Å². The van der Waals surface area contributed by atoms with Gasteiger partial charge >= 0.3 is 5.97 Å². The van der Waals surface area contributed by atoms with Crippen LogP contribution in [-0.2, 0) is 27.3 Å². The summed E-state index contributed by atoms with van der Waals surface area (Å²) in [5, 5.41) is 10.4. The summed E-state index contributed by atoms with van der Waals surface area (Å²) in [6.07, 6.45) is 0.566. The molecule has 0 aromatic heterocycles. The van der Waals surface area contributed by atoms with Gasteiger partial charge in [0.2, 0.25) is 5.91 Å². The second-order valence-corrected chi connectivity index (χ2v) is 9.22. The molecule has 3 aromatic carbocycles. The minimum atomic E-state index is -2.60. The molecular formula is C25H23ClN2O5S. The van der Waals surface area contributed by atoms with E-state index in [4.69, 9.17) is 11.6 Å². The van der Waals surface area contributed by atoms with Crippen molar-refractivity contribution in [3.8, 4) is 11.1 Å². The van der Waals surface area contributed by atoms with Gasteiger partial charge in [0.05, 0.1) is 5.69 Å². The lowest BCUT2D eigenvalue weighted by molar-refractivity contribution is -0.138. The number of halogens is 1. The number of nitrogens with zero attached hydrogens (tertiary/aromatic N) is 2. The molecule has 0 saturated heterocycles. The summed E-state index contributed by atoms with van der Waals surface area (Å²) in [5.74, 6) is -1.49. The van der Waals surface area contributed by atoms with Crippen LogP contribution in [0.4, 0.5) is 11.4 Å². The third kappa shape index (κ3) is 5.14. The molecule has 176 valence electrons. The van der Waals surface area contributed by atoms with E-state index >= 15 is 0 Å². The van der Waals surface area contributed by atoms with E-state index in [1.165, 1.54) is 0 Å². The summed E-state index contributed by atoms with van der Waals surface area (Å²) >= 11 is 3.33. The molecule has 3 aromatic rings. The fourth-order valence-corrected chi connectivity index (χ4v) is 5.00. The quantitative estimate of drug-likeness (QED) is 0.436. The van der Waals surface area contributed by atoms with Crippen molar-refractivity contribution in [3.05, 3.63) is 83.4 Å². The second kappa shape index (κ2) is 10.4. The number of fused-ring (bicyclic) bond motifs is 1. The Labute approximate surface area is 205 Å². The molecule has 0 spiro atoms. The van der Waals surface area contributed by atoms with Gasteiger partial charge in [0.25, 0.3) is 11.3 Å². The summed E-state index contributed by atoms with van der Waals surface area (Å²) in [6.45, 7) is 0.539. The summed E-state index contributed by atoms with van der Waals surface area (Å²) in [7, 11) is 0. The average molecular weight is 499 g/mol. The number of carboxylic acids is 1. The maximum absolute atomic E-state index is 12.9. The van der Waals surface area contributed by atoms with Crippen molar-refractivity contribution in [1.29, 1.82) is 0 Å². The largest absolute Gasteiger partial charge is 0.480 e. The van der Waals surface area contributed by atoms with Gasteiger partial charge in [-0.05, 0) is 59.9 Å². The predicted molar refractivity (Wildman–Crippen MR) is 133 cm³/mol. The maximum Gasteiger partial charge on any atom is 0.327 e. The number of carbonyl (C=O) groups is 2. The van der Waals surface area contributed by atoms with E-state index in [1.807, 2.05) is 36.4 Å². The van der Waals surface area contributed by atoms with E-state index in [2.05, 4.69) is 0 Å². The third-order valence-corrected chi connectivity index (χ3v) is 6.91. The molecule has 7 nitrogen and oxygen atoms in total. The van der Waals surface area contributed by atoms with Gasteiger partial charge < -0.3 is 10.0 Å². The first-order valence-corrected chi connectivity index (χ1v) is 12.2. The van der Waals surface area contributed by atoms with Crippen LogP contribution in [0.5, 0.6) is 0 Å². The van der Waals surface area contributed by atoms with Gasteiger partial charge in [0, 0.05) is 23.7 Å². The van der Waals surface area contributed by atoms with Crippen molar-refractivity contribution < 1.29 is 23.5 Å². The molecule has 1 aliphatic rings. The Balaban J connectivity index is 1.51. The van der Waals surface area contributed by atoms with Crippen molar-refractivity contribution in [2.75, 3.05) is 15.7 Å². The van der Waals surface area contributed by atoms with Gasteiger partial charge in [-0.3, -0.25) is 13.7 Å². The number of hydrogen-bond donors (Lipinski definition) is 2. The van der Waals surface area contributed by atoms with Crippen LogP contribution in [0.15, 0.2) is 72.8 Å². The monoisotopic (exact) mass is 498 g/mol. The topological polar surface area (TPSA) is 98.2 Å². The van der Waals surface area contributed by atoms with Crippen LogP contribution >= 0.6 is 11.6 Å². The minimum Gasteiger partial charge on any atom is -0.480 e. The lowest BCUT2D eigenvalue weighted by Crippen LogP contribution is -2.43. The maximum atomic E-state index is 12.9. The summed E-state index contributed by atoms with van der Waals surface area (Å²) in [4.78, 5) is 26.6. The first kappa shape index (κ1) is 23.9. The molecule has 0 aliphatic carbocycles. The molecule has 9 heteroatoms. The molecule has 4 rings (SSSR count). The van der Waals surface area contributed by atoms with Crippen LogP contribution in [0, 0.1) is 0 Å². The Morgan fingerprint density at radius 3 is 2.24 bits per heavy atom. The molecule has 2 N–H and O–H groups in total. The van der Waals surface area contributed by atoms with E-state index < -0.39 is 23.3 Å². The number of hydrogen-bond acceptors (Lipinski definition) is 3. The third-order valence-electron chi connectivity index (χ3n) is 5.86. The van der Waals surface area contributed by atoms with Gasteiger partial charge in [-0.25, -0.2) is 9.00 Å². The Kier molecular flexibility index (Phi) is 7.31. The van der Waals surface area contributed by atoms with Crippen molar-refractivity contribution >= 4 is 46.1 Å². The highest BCUT2D eigenvalue weighted by Crippen LogP contribution is 2.30. The highest BCUT2D eigenvalue weighted by Gasteiger charge is 2.32. The van der Waals surface area contributed by atoms with Crippen LogP contribution in [0.3, 0.4) is 0 Å². The molecule has 1 aliphatic heterocycles. The summed E-state index contributed by atoms with van der Waals surface area (Å²) < 4.78 is 23.0. The van der Waals surface area contributed by atoms with Gasteiger partial charge in [-0.1, -0.05) is 54.1 Å².